The number of halogens is 4. The summed E-state index contributed by atoms with van der Waals surface area (Å²) in [6.07, 6.45) is 4.35. The maximum atomic E-state index is 13.9. The number of nitrogens with zero attached hydrogens (tertiary/aromatic N) is 5. The van der Waals surface area contributed by atoms with E-state index >= 15 is 0 Å². The van der Waals surface area contributed by atoms with Crippen LogP contribution in [0.3, 0.4) is 0 Å². The molecule has 3 fully saturated rings. The van der Waals surface area contributed by atoms with Gasteiger partial charge in [0.15, 0.2) is 11.3 Å². The fourth-order valence-electron chi connectivity index (χ4n) is 5.56. The van der Waals surface area contributed by atoms with E-state index in [0.717, 1.165) is 12.8 Å². The second-order valence-electron chi connectivity index (χ2n) is 11.3. The number of carbonyl (C=O) groups excluding carboxylic acids is 2. The van der Waals surface area contributed by atoms with Crippen molar-refractivity contribution in [2.45, 2.75) is 82.2 Å². The monoisotopic (exact) mass is 563 g/mol. The van der Waals surface area contributed by atoms with E-state index in [1.165, 1.54) is 4.52 Å². The first-order chi connectivity index (χ1) is 19.0. The Morgan fingerprint density at radius 1 is 1.07 bits per heavy atom. The van der Waals surface area contributed by atoms with Gasteiger partial charge in [0.2, 0.25) is 11.8 Å². The standard InChI is InChI=1S/C26H29F4N7O3/c1-13-21(36-40-35-13)24(39)34-23(15-4-6-25(27,28)7-5-15)18-12-37-19(32-18)8-16(11-31-37)22(14-2-3-14)33-20(38)9-17-10-26(17,29)30/h8,11-12,14-15,17,22-23H,2-7,9-10H2,1H3,(H,33,38)(H,34,39)/t17-,22+,23-/m0/s1. The second kappa shape index (κ2) is 9.81. The molecule has 3 atom stereocenters. The Hall–Kier alpha value is -3.58. The third kappa shape index (κ3) is 5.52. The Morgan fingerprint density at radius 3 is 2.40 bits per heavy atom. The van der Waals surface area contributed by atoms with Crippen LogP contribution in [0.2, 0.25) is 0 Å². The first kappa shape index (κ1) is 26.6. The van der Waals surface area contributed by atoms with Crippen LogP contribution in [-0.2, 0) is 4.79 Å². The number of carbonyl (C=O) groups is 2. The first-order valence-electron chi connectivity index (χ1n) is 13.5. The number of imidazole rings is 1. The van der Waals surface area contributed by atoms with Crippen molar-refractivity contribution in [2.24, 2.45) is 17.8 Å². The highest BCUT2D eigenvalue weighted by Crippen LogP contribution is 2.51. The summed E-state index contributed by atoms with van der Waals surface area (Å²) in [5, 5.41) is 17.5. The summed E-state index contributed by atoms with van der Waals surface area (Å²) in [6, 6.07) is 0.700. The largest absolute Gasteiger partial charge is 0.349 e. The fraction of sp³-hybridized carbons (Fsp3) is 0.615. The Labute approximate surface area is 226 Å². The molecule has 3 saturated carbocycles. The number of aryl methyl sites for hydroxylation is 1. The van der Waals surface area contributed by atoms with E-state index in [2.05, 4.69) is 35.7 Å². The first-order valence-corrected chi connectivity index (χ1v) is 13.5. The van der Waals surface area contributed by atoms with Gasteiger partial charge < -0.3 is 10.6 Å². The van der Waals surface area contributed by atoms with Crippen molar-refractivity contribution in [1.29, 1.82) is 0 Å². The maximum Gasteiger partial charge on any atom is 0.276 e. The molecule has 3 aliphatic carbocycles. The van der Waals surface area contributed by atoms with Crippen molar-refractivity contribution in [1.82, 2.24) is 35.5 Å². The third-order valence-corrected chi connectivity index (χ3v) is 8.22. The minimum Gasteiger partial charge on any atom is -0.349 e. The highest BCUT2D eigenvalue weighted by molar-refractivity contribution is 5.93. The summed E-state index contributed by atoms with van der Waals surface area (Å²) in [5.74, 6) is -7.51. The number of rotatable bonds is 9. The van der Waals surface area contributed by atoms with E-state index in [4.69, 9.17) is 0 Å². The van der Waals surface area contributed by atoms with Crippen LogP contribution in [0.25, 0.3) is 5.65 Å². The lowest BCUT2D eigenvalue weighted by molar-refractivity contribution is -0.123. The van der Waals surface area contributed by atoms with Crippen molar-refractivity contribution in [2.75, 3.05) is 0 Å². The molecule has 3 aliphatic rings. The van der Waals surface area contributed by atoms with E-state index in [1.807, 2.05) is 0 Å². The average Bonchev–Trinajstić information content (AvgIpc) is 3.72. The summed E-state index contributed by atoms with van der Waals surface area (Å²) >= 11 is 0. The number of hydrogen-bond donors (Lipinski definition) is 2. The summed E-state index contributed by atoms with van der Waals surface area (Å²) in [4.78, 5) is 30.2. The van der Waals surface area contributed by atoms with E-state index in [-0.39, 0.29) is 62.1 Å². The lowest BCUT2D eigenvalue weighted by atomic mass is 9.81. The van der Waals surface area contributed by atoms with Gasteiger partial charge in [-0.2, -0.15) is 5.10 Å². The van der Waals surface area contributed by atoms with Crippen LogP contribution in [0.5, 0.6) is 0 Å². The molecular formula is C26H29F4N7O3. The average molecular weight is 564 g/mol. The van der Waals surface area contributed by atoms with Gasteiger partial charge in [0.25, 0.3) is 11.8 Å². The molecule has 0 spiro atoms. The fourth-order valence-corrected chi connectivity index (χ4v) is 5.56. The van der Waals surface area contributed by atoms with Gasteiger partial charge in [-0.25, -0.2) is 31.7 Å². The van der Waals surface area contributed by atoms with Crippen LogP contribution in [0.15, 0.2) is 23.1 Å². The highest BCUT2D eigenvalue weighted by atomic mass is 19.3. The minimum atomic E-state index is -2.76. The van der Waals surface area contributed by atoms with Crippen molar-refractivity contribution in [3.63, 3.8) is 0 Å². The molecular weight excluding hydrogens is 534 g/mol. The smallest absolute Gasteiger partial charge is 0.276 e. The van der Waals surface area contributed by atoms with Crippen LogP contribution < -0.4 is 10.6 Å². The molecule has 40 heavy (non-hydrogen) atoms. The summed E-state index contributed by atoms with van der Waals surface area (Å²) < 4.78 is 60.6. The quantitative estimate of drug-likeness (QED) is 0.371. The number of alkyl halides is 4. The summed E-state index contributed by atoms with van der Waals surface area (Å²) in [7, 11) is 0. The summed E-state index contributed by atoms with van der Waals surface area (Å²) in [6.45, 7) is 1.57. The third-order valence-electron chi connectivity index (χ3n) is 8.22. The van der Waals surface area contributed by atoms with Crippen molar-refractivity contribution < 1.29 is 31.8 Å². The molecule has 2 N–H and O–H groups in total. The number of aromatic nitrogens is 5. The zero-order valence-corrected chi connectivity index (χ0v) is 21.7. The van der Waals surface area contributed by atoms with Gasteiger partial charge in [0.1, 0.15) is 5.69 Å². The predicted octanol–water partition coefficient (Wildman–Crippen LogP) is 4.33. The molecule has 0 unspecified atom stereocenters. The van der Waals surface area contributed by atoms with Gasteiger partial charge in [0.05, 0.1) is 30.2 Å². The van der Waals surface area contributed by atoms with Crippen molar-refractivity contribution in [3.05, 3.63) is 41.1 Å². The molecule has 3 aromatic heterocycles. The Bertz CT molecular complexity index is 1430. The van der Waals surface area contributed by atoms with Gasteiger partial charge in [-0.3, -0.25) is 9.59 Å². The predicted molar refractivity (Wildman–Crippen MR) is 130 cm³/mol. The van der Waals surface area contributed by atoms with Crippen LogP contribution in [-0.4, -0.2) is 48.6 Å². The molecule has 3 aromatic rings. The minimum absolute atomic E-state index is 0.00212. The lowest BCUT2D eigenvalue weighted by Crippen LogP contribution is -2.37. The number of hydrogen-bond acceptors (Lipinski definition) is 7. The van der Waals surface area contributed by atoms with Crippen molar-refractivity contribution in [3.8, 4) is 0 Å². The molecule has 0 saturated heterocycles. The van der Waals surface area contributed by atoms with Crippen LogP contribution >= 0.6 is 0 Å². The zero-order chi connectivity index (χ0) is 28.2. The molecule has 6 rings (SSSR count). The molecule has 214 valence electrons. The Balaban J connectivity index is 1.25. The van der Waals surface area contributed by atoms with E-state index in [1.54, 1.807) is 25.4 Å². The zero-order valence-electron chi connectivity index (χ0n) is 21.7. The van der Waals surface area contributed by atoms with E-state index < -0.39 is 35.6 Å². The van der Waals surface area contributed by atoms with Crippen LogP contribution in [0, 0.1) is 24.7 Å². The molecule has 0 bridgehead atoms. The molecule has 10 nitrogen and oxygen atoms in total. The number of amides is 2. The summed E-state index contributed by atoms with van der Waals surface area (Å²) in [5.41, 5.74) is 1.89. The topological polar surface area (TPSA) is 127 Å². The number of nitrogens with one attached hydrogen (secondary N) is 2. The maximum absolute atomic E-state index is 13.9. The molecule has 0 aliphatic heterocycles. The lowest BCUT2D eigenvalue weighted by Gasteiger charge is -2.33. The van der Waals surface area contributed by atoms with E-state index in [0.29, 0.717) is 22.6 Å². The van der Waals surface area contributed by atoms with Gasteiger partial charge >= 0.3 is 0 Å². The van der Waals surface area contributed by atoms with Gasteiger partial charge in [-0.1, -0.05) is 5.16 Å². The Morgan fingerprint density at radius 2 is 1.77 bits per heavy atom. The normalized spacial score (nSPS) is 23.5. The molecule has 0 aromatic carbocycles. The molecule has 14 heteroatoms. The van der Waals surface area contributed by atoms with Gasteiger partial charge in [-0.05, 0) is 61.2 Å². The molecule has 3 heterocycles. The van der Waals surface area contributed by atoms with Crippen LogP contribution in [0.4, 0.5) is 17.6 Å². The molecule has 2 amide bonds. The second-order valence-corrected chi connectivity index (χ2v) is 11.3. The SMILES string of the molecule is Cc1nonc1C(=O)N[C@H](c1cn2ncc([C@H](NC(=O)C[C@H]3CC3(F)F)C3CC3)cc2n1)C1CCC(F)(F)CC1. The van der Waals surface area contributed by atoms with Gasteiger partial charge in [0, 0.05) is 31.6 Å². The number of fused-ring (bicyclic) bond motifs is 1. The van der Waals surface area contributed by atoms with Gasteiger partial charge in [-0.15, -0.1) is 0 Å². The van der Waals surface area contributed by atoms with E-state index in [9.17, 15) is 27.2 Å². The van der Waals surface area contributed by atoms with Crippen LogP contribution in [0.1, 0.15) is 90.9 Å². The van der Waals surface area contributed by atoms with Crippen molar-refractivity contribution >= 4 is 17.5 Å². The Kier molecular flexibility index (Phi) is 6.53. The molecule has 0 radical (unpaired) electrons. The highest BCUT2D eigenvalue weighted by Gasteiger charge is 2.57.